The van der Waals surface area contributed by atoms with E-state index in [0.717, 1.165) is 18.7 Å². The largest absolute Gasteiger partial charge is 0.335 e. The third-order valence-corrected chi connectivity index (χ3v) is 2.59. The van der Waals surface area contributed by atoms with Crippen LogP contribution in [0.2, 0.25) is 0 Å². The molecule has 1 aromatic heterocycles. The number of nitrogens with zero attached hydrogens (tertiary/aromatic N) is 3. The Morgan fingerprint density at radius 1 is 1.53 bits per heavy atom. The molecule has 2 rings (SSSR count). The van der Waals surface area contributed by atoms with E-state index in [1.165, 1.54) is 32.0 Å². The number of aromatic nitrogens is 1. The van der Waals surface area contributed by atoms with Crippen LogP contribution in [0.3, 0.4) is 0 Å². The van der Waals surface area contributed by atoms with Crippen molar-refractivity contribution in [3.05, 3.63) is 11.8 Å². The second kappa shape index (κ2) is 4.87. The highest BCUT2D eigenvalue weighted by atomic mass is 16.5. The molecule has 1 saturated heterocycles. The molecule has 80 valence electrons. The average molecular weight is 207 g/mol. The van der Waals surface area contributed by atoms with Gasteiger partial charge >= 0.3 is 0 Å². The van der Waals surface area contributed by atoms with Crippen LogP contribution in [0.25, 0.3) is 0 Å². The van der Waals surface area contributed by atoms with E-state index in [2.05, 4.69) is 15.0 Å². The molecule has 0 aromatic carbocycles. The third-order valence-electron chi connectivity index (χ3n) is 2.59. The summed E-state index contributed by atoms with van der Waals surface area (Å²) in [5, 5.41) is 3.82. The molecule has 5 heteroatoms. The van der Waals surface area contributed by atoms with Crippen molar-refractivity contribution in [1.82, 2.24) is 10.1 Å². The molecule has 0 aliphatic carbocycles. The van der Waals surface area contributed by atoms with Gasteiger partial charge in [-0.3, -0.25) is 0 Å². The maximum atomic E-state index is 9.96. The summed E-state index contributed by atoms with van der Waals surface area (Å²) in [4.78, 5) is 15.7. The van der Waals surface area contributed by atoms with E-state index in [1.54, 1.807) is 6.07 Å². The number of aliphatic imine (C=N–C) groups is 1. The van der Waals surface area contributed by atoms with Crippen LogP contribution in [0, 0.1) is 0 Å². The van der Waals surface area contributed by atoms with Gasteiger partial charge in [-0.2, -0.15) is 0 Å². The van der Waals surface area contributed by atoms with Crippen LogP contribution in [-0.4, -0.2) is 35.8 Å². The molecule has 2 heterocycles. The van der Waals surface area contributed by atoms with Crippen LogP contribution >= 0.6 is 0 Å². The van der Waals surface area contributed by atoms with E-state index in [0.29, 0.717) is 0 Å². The van der Waals surface area contributed by atoms with Gasteiger partial charge < -0.3 is 9.42 Å². The summed E-state index contributed by atoms with van der Waals surface area (Å²) in [6.45, 7) is 3.35. The first-order valence-corrected chi connectivity index (χ1v) is 5.14. The molecule has 0 unspecified atom stereocenters. The fraction of sp³-hybridized carbons (Fsp3) is 0.600. The first-order chi connectivity index (χ1) is 7.38. The second-order valence-corrected chi connectivity index (χ2v) is 3.66. The van der Waals surface area contributed by atoms with Gasteiger partial charge in [0.15, 0.2) is 0 Å². The first kappa shape index (κ1) is 10.1. The smallest absolute Gasteiger partial charge is 0.261 e. The maximum absolute atomic E-state index is 9.96. The lowest BCUT2D eigenvalue weighted by atomic mass is 10.3. The third kappa shape index (κ3) is 2.75. The van der Waals surface area contributed by atoms with Crippen molar-refractivity contribution >= 4 is 12.0 Å². The van der Waals surface area contributed by atoms with Gasteiger partial charge in [0.05, 0.1) is 5.69 Å². The van der Waals surface area contributed by atoms with Crippen LogP contribution in [0.5, 0.6) is 0 Å². The highest BCUT2D eigenvalue weighted by molar-refractivity contribution is 5.42. The van der Waals surface area contributed by atoms with Crippen LogP contribution in [-0.2, 0) is 11.2 Å². The summed E-state index contributed by atoms with van der Waals surface area (Å²) in [7, 11) is 0. The number of rotatable bonds is 4. The summed E-state index contributed by atoms with van der Waals surface area (Å²) in [6.07, 6.45) is 4.85. The minimum atomic E-state index is 0.237. The lowest BCUT2D eigenvalue weighted by Crippen LogP contribution is -2.21. The SMILES string of the molecule is O=C=Nc1cc(CCN2CCCC2)no1. The summed E-state index contributed by atoms with van der Waals surface area (Å²) in [6, 6.07) is 1.68. The Morgan fingerprint density at radius 3 is 3.07 bits per heavy atom. The number of hydrogen-bond acceptors (Lipinski definition) is 5. The van der Waals surface area contributed by atoms with E-state index in [1.807, 2.05) is 0 Å². The number of isocyanates is 1. The number of likely N-dealkylation sites (tertiary alicyclic amines) is 1. The van der Waals surface area contributed by atoms with Gasteiger partial charge in [0, 0.05) is 19.0 Å². The fourth-order valence-electron chi connectivity index (χ4n) is 1.80. The second-order valence-electron chi connectivity index (χ2n) is 3.66. The molecular formula is C10H13N3O2. The molecule has 1 aliphatic rings. The van der Waals surface area contributed by atoms with E-state index in [9.17, 15) is 4.79 Å². The zero-order chi connectivity index (χ0) is 10.5. The van der Waals surface area contributed by atoms with Gasteiger partial charge in [-0.05, 0) is 25.9 Å². The average Bonchev–Trinajstić information content (AvgIpc) is 2.85. The minimum absolute atomic E-state index is 0.237. The minimum Gasteiger partial charge on any atom is -0.335 e. The molecule has 0 N–H and O–H groups in total. The molecule has 1 fully saturated rings. The molecule has 5 nitrogen and oxygen atoms in total. The monoisotopic (exact) mass is 207 g/mol. The zero-order valence-electron chi connectivity index (χ0n) is 8.48. The predicted octanol–water partition coefficient (Wildman–Crippen LogP) is 1.28. The number of hydrogen-bond donors (Lipinski definition) is 0. The van der Waals surface area contributed by atoms with Gasteiger partial charge in [0.1, 0.15) is 0 Å². The molecule has 0 amide bonds. The molecule has 0 radical (unpaired) electrons. The normalized spacial score (nSPS) is 16.5. The number of carbonyl (C=O) groups excluding carboxylic acids is 1. The summed E-state index contributed by atoms with van der Waals surface area (Å²) < 4.78 is 4.82. The van der Waals surface area contributed by atoms with Crippen LogP contribution in [0.1, 0.15) is 18.5 Å². The molecule has 1 aliphatic heterocycles. The van der Waals surface area contributed by atoms with Crippen molar-refractivity contribution in [3.8, 4) is 0 Å². The molecule has 1 aromatic rings. The Balaban J connectivity index is 1.84. The Bertz CT molecular complexity index is 362. The van der Waals surface area contributed by atoms with Crippen molar-refractivity contribution in [1.29, 1.82) is 0 Å². The van der Waals surface area contributed by atoms with Gasteiger partial charge in [-0.25, -0.2) is 4.79 Å². The Labute approximate surface area is 87.8 Å². The van der Waals surface area contributed by atoms with E-state index in [-0.39, 0.29) is 5.88 Å². The molecule has 0 atom stereocenters. The van der Waals surface area contributed by atoms with Gasteiger partial charge in [-0.15, -0.1) is 4.99 Å². The topological polar surface area (TPSA) is 58.7 Å². The lowest BCUT2D eigenvalue weighted by molar-refractivity contribution is 0.337. The van der Waals surface area contributed by atoms with Crippen LogP contribution in [0.4, 0.5) is 5.88 Å². The Morgan fingerprint density at radius 2 is 2.33 bits per heavy atom. The van der Waals surface area contributed by atoms with Crippen LogP contribution in [0.15, 0.2) is 15.6 Å². The highest BCUT2D eigenvalue weighted by Gasteiger charge is 2.12. The molecule has 0 saturated carbocycles. The lowest BCUT2D eigenvalue weighted by Gasteiger charge is -2.12. The van der Waals surface area contributed by atoms with E-state index >= 15 is 0 Å². The molecule has 0 spiro atoms. The van der Waals surface area contributed by atoms with Gasteiger partial charge in [-0.1, -0.05) is 5.16 Å². The molecule has 0 bridgehead atoms. The van der Waals surface area contributed by atoms with Crippen molar-refractivity contribution in [2.75, 3.05) is 19.6 Å². The first-order valence-electron chi connectivity index (χ1n) is 5.14. The molecule has 15 heavy (non-hydrogen) atoms. The van der Waals surface area contributed by atoms with Crippen LogP contribution < -0.4 is 0 Å². The fourth-order valence-corrected chi connectivity index (χ4v) is 1.80. The highest BCUT2D eigenvalue weighted by Crippen LogP contribution is 2.14. The Kier molecular flexibility index (Phi) is 3.27. The van der Waals surface area contributed by atoms with Crippen molar-refractivity contribution < 1.29 is 9.32 Å². The van der Waals surface area contributed by atoms with E-state index < -0.39 is 0 Å². The summed E-state index contributed by atoms with van der Waals surface area (Å²) in [5.74, 6) is 0.237. The molecular weight excluding hydrogens is 194 g/mol. The standard InChI is InChI=1S/C10H13N3O2/c14-8-11-10-7-9(12-15-10)3-6-13-4-1-2-5-13/h7H,1-6H2. The van der Waals surface area contributed by atoms with Gasteiger partial charge in [0.25, 0.3) is 5.88 Å². The van der Waals surface area contributed by atoms with E-state index in [4.69, 9.17) is 4.52 Å². The van der Waals surface area contributed by atoms with Crippen molar-refractivity contribution in [2.45, 2.75) is 19.3 Å². The Hall–Kier alpha value is -1.45. The van der Waals surface area contributed by atoms with Crippen molar-refractivity contribution in [2.24, 2.45) is 4.99 Å². The van der Waals surface area contributed by atoms with Crippen molar-refractivity contribution in [3.63, 3.8) is 0 Å². The predicted molar refractivity (Wildman–Crippen MR) is 53.7 cm³/mol. The summed E-state index contributed by atoms with van der Waals surface area (Å²) in [5.41, 5.74) is 0.843. The quantitative estimate of drug-likeness (QED) is 0.551. The van der Waals surface area contributed by atoms with Gasteiger partial charge in [0.2, 0.25) is 6.08 Å². The summed E-state index contributed by atoms with van der Waals surface area (Å²) >= 11 is 0. The maximum Gasteiger partial charge on any atom is 0.261 e. The zero-order valence-corrected chi connectivity index (χ0v) is 8.48.